The highest BCUT2D eigenvalue weighted by atomic mass is 16.5. The third-order valence-corrected chi connectivity index (χ3v) is 4.64. The Labute approximate surface area is 148 Å². The van der Waals surface area contributed by atoms with E-state index >= 15 is 0 Å². The molecule has 1 fully saturated rings. The Morgan fingerprint density at radius 2 is 1.77 bits per heavy atom. The minimum absolute atomic E-state index is 0.0411. The van der Waals surface area contributed by atoms with E-state index in [0.717, 1.165) is 5.69 Å². The molecule has 0 bridgehead atoms. The zero-order valence-electron chi connectivity index (χ0n) is 14.7. The average Bonchev–Trinajstić information content (AvgIpc) is 2.87. The summed E-state index contributed by atoms with van der Waals surface area (Å²) in [6, 6.07) is 1.13. The van der Waals surface area contributed by atoms with Gasteiger partial charge in [-0.1, -0.05) is 0 Å². The van der Waals surface area contributed by atoms with Crippen LogP contribution in [0.4, 0.5) is 0 Å². The van der Waals surface area contributed by atoms with Crippen LogP contribution in [-0.2, 0) is 7.05 Å². The number of H-pyrrole nitrogens is 1. The fourth-order valence-corrected chi connectivity index (χ4v) is 2.92. The number of carbonyl (C=O) groups is 2. The van der Waals surface area contributed by atoms with Gasteiger partial charge < -0.3 is 19.7 Å². The van der Waals surface area contributed by atoms with E-state index in [4.69, 9.17) is 4.52 Å². The van der Waals surface area contributed by atoms with Gasteiger partial charge in [-0.2, -0.15) is 5.16 Å². The van der Waals surface area contributed by atoms with Crippen molar-refractivity contribution in [3.8, 4) is 0 Å². The van der Waals surface area contributed by atoms with E-state index in [1.165, 1.54) is 19.2 Å². The second kappa shape index (κ2) is 6.66. The van der Waals surface area contributed by atoms with Gasteiger partial charge in [-0.3, -0.25) is 19.2 Å². The Bertz CT molecular complexity index is 978. The molecule has 9 nitrogen and oxygen atoms in total. The Hall–Kier alpha value is -3.10. The normalized spacial score (nSPS) is 18.9. The lowest BCUT2D eigenvalue weighted by atomic mass is 9.86. The van der Waals surface area contributed by atoms with Gasteiger partial charge in [0.1, 0.15) is 16.9 Å². The van der Waals surface area contributed by atoms with E-state index in [0.29, 0.717) is 12.8 Å². The zero-order chi connectivity index (χ0) is 19.0. The lowest BCUT2D eigenvalue weighted by Crippen LogP contribution is -2.54. The summed E-state index contributed by atoms with van der Waals surface area (Å²) in [6.07, 6.45) is 2.57. The Balaban J connectivity index is 1.55. The summed E-state index contributed by atoms with van der Waals surface area (Å²) in [5.74, 6) is -0.700. The molecule has 138 valence electrons. The van der Waals surface area contributed by atoms with Gasteiger partial charge in [-0.05, 0) is 26.7 Å². The van der Waals surface area contributed by atoms with E-state index < -0.39 is 17.4 Å². The fourth-order valence-electron chi connectivity index (χ4n) is 2.92. The van der Waals surface area contributed by atoms with E-state index in [-0.39, 0.29) is 34.4 Å². The van der Waals surface area contributed by atoms with E-state index in [9.17, 15) is 19.2 Å². The highest BCUT2D eigenvalue weighted by molar-refractivity contribution is 5.95. The van der Waals surface area contributed by atoms with Crippen molar-refractivity contribution < 1.29 is 14.1 Å². The van der Waals surface area contributed by atoms with Crippen LogP contribution in [0.1, 0.15) is 45.0 Å². The third kappa shape index (κ3) is 3.32. The number of rotatable bonds is 4. The minimum Gasteiger partial charge on any atom is -0.383 e. The standard InChI is InChI=1S/C17H20N4O5/c1-8-4-13(22)12(7-21(8)3)15(23)18-10-5-11(6-10)19-16(24)14-9(2)26-20-17(14)25/h4,7,10-11H,5-6H2,1-3H3,(H,18,23)(H,19,24)(H,20,25). The predicted molar refractivity (Wildman–Crippen MR) is 92.2 cm³/mol. The van der Waals surface area contributed by atoms with Crippen molar-refractivity contribution >= 4 is 11.8 Å². The molecule has 0 unspecified atom stereocenters. The van der Waals surface area contributed by atoms with Crippen molar-refractivity contribution in [1.82, 2.24) is 20.4 Å². The molecule has 0 saturated heterocycles. The first-order chi connectivity index (χ1) is 12.3. The molecule has 0 spiro atoms. The number of aromatic nitrogens is 2. The molecule has 3 N–H and O–H groups in total. The van der Waals surface area contributed by atoms with Gasteiger partial charge in [-0.25, -0.2) is 0 Å². The number of aryl methyl sites for hydroxylation is 3. The van der Waals surface area contributed by atoms with Crippen LogP contribution in [-0.4, -0.2) is 33.6 Å². The number of pyridine rings is 1. The molecule has 0 aromatic carbocycles. The van der Waals surface area contributed by atoms with Gasteiger partial charge in [0, 0.05) is 37.1 Å². The van der Waals surface area contributed by atoms with Crippen molar-refractivity contribution in [3.05, 3.63) is 55.4 Å². The molecular weight excluding hydrogens is 340 g/mol. The highest BCUT2D eigenvalue weighted by Crippen LogP contribution is 2.21. The maximum Gasteiger partial charge on any atom is 0.293 e. The molecule has 3 rings (SSSR count). The first-order valence-corrected chi connectivity index (χ1v) is 8.23. The smallest absolute Gasteiger partial charge is 0.293 e. The molecule has 2 amide bonds. The molecule has 2 aromatic heterocycles. The van der Waals surface area contributed by atoms with Crippen LogP contribution in [0.2, 0.25) is 0 Å². The van der Waals surface area contributed by atoms with Crippen molar-refractivity contribution in [2.24, 2.45) is 7.05 Å². The van der Waals surface area contributed by atoms with Crippen molar-refractivity contribution in [3.63, 3.8) is 0 Å². The van der Waals surface area contributed by atoms with Crippen molar-refractivity contribution in [2.75, 3.05) is 0 Å². The fraction of sp³-hybridized carbons (Fsp3) is 0.412. The zero-order valence-corrected chi connectivity index (χ0v) is 14.7. The van der Waals surface area contributed by atoms with Gasteiger partial charge in [0.2, 0.25) is 0 Å². The second-order valence-corrected chi connectivity index (χ2v) is 6.58. The number of nitrogens with zero attached hydrogens (tertiary/aromatic N) is 1. The van der Waals surface area contributed by atoms with Gasteiger partial charge in [-0.15, -0.1) is 0 Å². The van der Waals surface area contributed by atoms with Crippen LogP contribution in [0, 0.1) is 13.8 Å². The number of carbonyl (C=O) groups excluding carboxylic acids is 2. The van der Waals surface area contributed by atoms with Crippen LogP contribution < -0.4 is 21.6 Å². The average molecular weight is 360 g/mol. The third-order valence-electron chi connectivity index (χ3n) is 4.64. The van der Waals surface area contributed by atoms with Crippen LogP contribution in [0.5, 0.6) is 0 Å². The van der Waals surface area contributed by atoms with E-state index in [2.05, 4.69) is 15.8 Å². The van der Waals surface area contributed by atoms with Gasteiger partial charge in [0.05, 0.1) is 0 Å². The molecule has 9 heteroatoms. The first kappa shape index (κ1) is 17.7. The first-order valence-electron chi connectivity index (χ1n) is 8.23. The SMILES string of the molecule is Cc1o[nH]c(=O)c1C(=O)NC1CC(NC(=O)c2cn(C)c(C)cc2=O)C1. The molecule has 26 heavy (non-hydrogen) atoms. The Kier molecular flexibility index (Phi) is 4.54. The minimum atomic E-state index is -0.570. The largest absolute Gasteiger partial charge is 0.383 e. The summed E-state index contributed by atoms with van der Waals surface area (Å²) in [5, 5.41) is 7.64. The lowest BCUT2D eigenvalue weighted by molar-refractivity contribution is 0.0860. The lowest BCUT2D eigenvalue weighted by Gasteiger charge is -2.36. The summed E-state index contributed by atoms with van der Waals surface area (Å²) < 4.78 is 6.53. The van der Waals surface area contributed by atoms with Crippen LogP contribution in [0.15, 0.2) is 26.4 Å². The molecule has 0 atom stereocenters. The summed E-state index contributed by atoms with van der Waals surface area (Å²) in [6.45, 7) is 3.31. The predicted octanol–water partition coefficient (Wildman–Crippen LogP) is -0.0258. The van der Waals surface area contributed by atoms with Gasteiger partial charge in [0.25, 0.3) is 17.4 Å². The highest BCUT2D eigenvalue weighted by Gasteiger charge is 2.33. The van der Waals surface area contributed by atoms with E-state index in [1.807, 2.05) is 0 Å². The number of amides is 2. The number of hydrogen-bond acceptors (Lipinski definition) is 5. The van der Waals surface area contributed by atoms with Gasteiger partial charge in [0.15, 0.2) is 5.43 Å². The van der Waals surface area contributed by atoms with Crippen LogP contribution in [0.3, 0.4) is 0 Å². The molecule has 1 aliphatic rings. The molecule has 1 saturated carbocycles. The van der Waals surface area contributed by atoms with E-state index in [1.54, 1.807) is 18.5 Å². The Morgan fingerprint density at radius 1 is 1.15 bits per heavy atom. The van der Waals surface area contributed by atoms with Crippen LogP contribution in [0.25, 0.3) is 0 Å². The monoisotopic (exact) mass is 360 g/mol. The van der Waals surface area contributed by atoms with Crippen molar-refractivity contribution in [1.29, 1.82) is 0 Å². The molecule has 1 aliphatic carbocycles. The molecule has 0 aliphatic heterocycles. The summed E-state index contributed by atoms with van der Waals surface area (Å²) >= 11 is 0. The number of nitrogens with one attached hydrogen (secondary N) is 3. The Morgan fingerprint density at radius 3 is 2.35 bits per heavy atom. The quantitative estimate of drug-likeness (QED) is 0.706. The van der Waals surface area contributed by atoms with Gasteiger partial charge >= 0.3 is 0 Å². The maximum atomic E-state index is 12.3. The summed E-state index contributed by atoms with van der Waals surface area (Å²) in [4.78, 5) is 47.8. The topological polar surface area (TPSA) is 126 Å². The summed E-state index contributed by atoms with van der Waals surface area (Å²) in [7, 11) is 1.76. The molecular formula is C17H20N4O5. The second-order valence-electron chi connectivity index (χ2n) is 6.58. The number of hydrogen-bond donors (Lipinski definition) is 3. The molecule has 0 radical (unpaired) electrons. The summed E-state index contributed by atoms with van der Waals surface area (Å²) in [5.41, 5.74) is -0.0781. The van der Waals surface area contributed by atoms with Crippen molar-refractivity contribution in [2.45, 2.75) is 38.8 Å². The number of aromatic amines is 1. The molecule has 2 heterocycles. The molecule has 2 aromatic rings. The van der Waals surface area contributed by atoms with Crippen LogP contribution >= 0.6 is 0 Å². The maximum absolute atomic E-state index is 12.3.